The van der Waals surface area contributed by atoms with Crippen LogP contribution >= 0.6 is 23.4 Å². The summed E-state index contributed by atoms with van der Waals surface area (Å²) in [5.41, 5.74) is 1.29. The maximum absolute atomic E-state index is 12.5. The van der Waals surface area contributed by atoms with Crippen molar-refractivity contribution in [2.24, 2.45) is 4.99 Å². The molecule has 3 rings (SSSR count). The second kappa shape index (κ2) is 9.73. The number of hydrogen-bond donors (Lipinski definition) is 1. The van der Waals surface area contributed by atoms with Crippen LogP contribution < -0.4 is 9.47 Å². The average molecular weight is 446 g/mol. The Morgan fingerprint density at radius 1 is 1.17 bits per heavy atom. The molecule has 0 saturated carbocycles. The Morgan fingerprint density at radius 2 is 1.90 bits per heavy atom. The number of nitrogens with zero attached hydrogens (tertiary/aromatic N) is 1. The summed E-state index contributed by atoms with van der Waals surface area (Å²) in [6.07, 6.45) is 1.71. The standard InChI is InChI=1S/C22H20ClNO5S/c1-4-29-22(26)18-19(25)17(12-13-6-5-7-16(27-2)20(13)28-3)30-21(18)24-15-10-8-14(23)9-11-15/h5-12,25H,4H2,1-3H3/b17-12-,24-21?. The third kappa shape index (κ3) is 4.63. The van der Waals surface area contributed by atoms with E-state index in [0.29, 0.717) is 37.7 Å². The number of carbonyl (C=O) groups is 1. The molecule has 156 valence electrons. The van der Waals surface area contributed by atoms with Gasteiger partial charge in [0.15, 0.2) is 11.5 Å². The summed E-state index contributed by atoms with van der Waals surface area (Å²) in [5, 5.41) is 11.7. The summed E-state index contributed by atoms with van der Waals surface area (Å²) >= 11 is 7.09. The third-order valence-electron chi connectivity index (χ3n) is 4.15. The molecule has 0 fully saturated rings. The number of para-hydroxylation sites is 1. The number of halogens is 1. The maximum atomic E-state index is 12.5. The molecule has 0 bridgehead atoms. The second-order valence-electron chi connectivity index (χ2n) is 6.03. The van der Waals surface area contributed by atoms with Gasteiger partial charge in [-0.15, -0.1) is 0 Å². The molecule has 1 aliphatic rings. The second-order valence-corrected chi connectivity index (χ2v) is 7.50. The van der Waals surface area contributed by atoms with Crippen LogP contribution in [0.5, 0.6) is 11.5 Å². The molecule has 0 amide bonds. The van der Waals surface area contributed by atoms with Crippen molar-refractivity contribution in [3.63, 3.8) is 0 Å². The fourth-order valence-corrected chi connectivity index (χ4v) is 3.94. The van der Waals surface area contributed by atoms with Gasteiger partial charge in [-0.3, -0.25) is 0 Å². The molecule has 0 atom stereocenters. The van der Waals surface area contributed by atoms with Crippen molar-refractivity contribution >= 4 is 46.1 Å². The number of aliphatic imine (C=N–C) groups is 1. The van der Waals surface area contributed by atoms with E-state index in [1.54, 1.807) is 50.4 Å². The molecule has 0 spiro atoms. The third-order valence-corrected chi connectivity index (χ3v) is 5.42. The summed E-state index contributed by atoms with van der Waals surface area (Å²) in [5.74, 6) is 0.230. The Hall–Kier alpha value is -2.90. The Labute approximate surface area is 183 Å². The van der Waals surface area contributed by atoms with Crippen molar-refractivity contribution in [2.45, 2.75) is 6.92 Å². The number of carbonyl (C=O) groups excluding carboxylic acids is 1. The number of esters is 1. The van der Waals surface area contributed by atoms with Crippen LogP contribution in [0.4, 0.5) is 5.69 Å². The van der Waals surface area contributed by atoms with Gasteiger partial charge in [0.2, 0.25) is 0 Å². The fraction of sp³-hybridized carbons (Fsp3) is 0.182. The van der Waals surface area contributed by atoms with Gasteiger partial charge in [-0.05, 0) is 43.3 Å². The van der Waals surface area contributed by atoms with Crippen molar-refractivity contribution in [1.29, 1.82) is 0 Å². The Bertz CT molecular complexity index is 1040. The molecule has 8 heteroatoms. The summed E-state index contributed by atoms with van der Waals surface area (Å²) in [4.78, 5) is 17.5. The van der Waals surface area contributed by atoms with Crippen LogP contribution in [0.15, 0.2) is 63.7 Å². The van der Waals surface area contributed by atoms with E-state index in [2.05, 4.69) is 4.99 Å². The number of rotatable bonds is 6. The maximum Gasteiger partial charge on any atom is 0.344 e. The summed E-state index contributed by atoms with van der Waals surface area (Å²) in [6, 6.07) is 12.3. The van der Waals surface area contributed by atoms with E-state index >= 15 is 0 Å². The first kappa shape index (κ1) is 21.8. The molecule has 30 heavy (non-hydrogen) atoms. The van der Waals surface area contributed by atoms with Crippen molar-refractivity contribution in [3.05, 3.63) is 69.3 Å². The number of aliphatic hydroxyl groups excluding tert-OH is 1. The molecule has 0 radical (unpaired) electrons. The first-order chi connectivity index (χ1) is 14.5. The van der Waals surface area contributed by atoms with E-state index in [9.17, 15) is 9.90 Å². The molecule has 0 saturated heterocycles. The number of thioether (sulfide) groups is 1. The van der Waals surface area contributed by atoms with Crippen LogP contribution in [-0.2, 0) is 9.53 Å². The van der Waals surface area contributed by atoms with Crippen molar-refractivity contribution in [3.8, 4) is 11.5 Å². The van der Waals surface area contributed by atoms with Gasteiger partial charge >= 0.3 is 5.97 Å². The molecule has 0 aliphatic carbocycles. The molecular formula is C22H20ClNO5S. The van der Waals surface area contributed by atoms with Crippen LogP contribution in [0.3, 0.4) is 0 Å². The zero-order valence-corrected chi connectivity index (χ0v) is 18.2. The van der Waals surface area contributed by atoms with Crippen LogP contribution in [0.2, 0.25) is 5.02 Å². The number of benzene rings is 2. The smallest absolute Gasteiger partial charge is 0.344 e. The lowest BCUT2D eigenvalue weighted by Crippen LogP contribution is -2.12. The highest BCUT2D eigenvalue weighted by Gasteiger charge is 2.33. The van der Waals surface area contributed by atoms with Gasteiger partial charge < -0.3 is 19.3 Å². The number of aliphatic hydroxyl groups is 1. The minimum absolute atomic E-state index is 0.0184. The van der Waals surface area contributed by atoms with E-state index in [-0.39, 0.29) is 17.9 Å². The van der Waals surface area contributed by atoms with Gasteiger partial charge in [0, 0.05) is 10.6 Å². The Morgan fingerprint density at radius 3 is 2.53 bits per heavy atom. The monoisotopic (exact) mass is 445 g/mol. The first-order valence-electron chi connectivity index (χ1n) is 9.04. The highest BCUT2D eigenvalue weighted by Crippen LogP contribution is 2.42. The van der Waals surface area contributed by atoms with Gasteiger partial charge in [-0.2, -0.15) is 0 Å². The van der Waals surface area contributed by atoms with Crippen LogP contribution in [0.25, 0.3) is 6.08 Å². The zero-order chi connectivity index (χ0) is 21.7. The van der Waals surface area contributed by atoms with E-state index in [1.807, 2.05) is 12.1 Å². The van der Waals surface area contributed by atoms with Crippen LogP contribution in [-0.4, -0.2) is 36.9 Å². The topological polar surface area (TPSA) is 77.4 Å². The van der Waals surface area contributed by atoms with Crippen molar-refractivity contribution < 1.29 is 24.1 Å². The number of methoxy groups -OCH3 is 2. The molecule has 1 N–H and O–H groups in total. The van der Waals surface area contributed by atoms with Crippen LogP contribution in [0, 0.1) is 0 Å². The summed E-state index contributed by atoms with van der Waals surface area (Å²) in [6.45, 7) is 1.88. The van der Waals surface area contributed by atoms with E-state index in [0.717, 1.165) is 11.8 Å². The predicted octanol–water partition coefficient (Wildman–Crippen LogP) is 5.55. The van der Waals surface area contributed by atoms with E-state index < -0.39 is 5.97 Å². The lowest BCUT2D eigenvalue weighted by Gasteiger charge is -2.10. The molecule has 1 heterocycles. The quantitative estimate of drug-likeness (QED) is 0.587. The fourth-order valence-electron chi connectivity index (χ4n) is 2.79. The molecule has 2 aromatic carbocycles. The number of hydrogen-bond acceptors (Lipinski definition) is 7. The van der Waals surface area contributed by atoms with Crippen LogP contribution in [0.1, 0.15) is 12.5 Å². The first-order valence-corrected chi connectivity index (χ1v) is 10.2. The molecule has 2 aromatic rings. The van der Waals surface area contributed by atoms with Gasteiger partial charge in [-0.1, -0.05) is 35.5 Å². The minimum Gasteiger partial charge on any atom is -0.506 e. The van der Waals surface area contributed by atoms with Gasteiger partial charge in [0.05, 0.1) is 31.4 Å². The Balaban J connectivity index is 2.08. The lowest BCUT2D eigenvalue weighted by atomic mass is 10.1. The predicted molar refractivity (Wildman–Crippen MR) is 120 cm³/mol. The molecular weight excluding hydrogens is 426 g/mol. The summed E-state index contributed by atoms with van der Waals surface area (Å²) in [7, 11) is 3.08. The van der Waals surface area contributed by atoms with E-state index in [1.165, 1.54) is 7.11 Å². The van der Waals surface area contributed by atoms with Gasteiger partial charge in [0.25, 0.3) is 0 Å². The zero-order valence-electron chi connectivity index (χ0n) is 16.6. The van der Waals surface area contributed by atoms with Crippen molar-refractivity contribution in [1.82, 2.24) is 0 Å². The summed E-state index contributed by atoms with van der Waals surface area (Å²) < 4.78 is 15.9. The van der Waals surface area contributed by atoms with E-state index in [4.69, 9.17) is 25.8 Å². The molecule has 0 aromatic heterocycles. The van der Waals surface area contributed by atoms with Gasteiger partial charge in [-0.25, -0.2) is 9.79 Å². The highest BCUT2D eigenvalue weighted by atomic mass is 35.5. The normalized spacial score (nSPS) is 16.3. The molecule has 6 nitrogen and oxygen atoms in total. The molecule has 0 unspecified atom stereocenters. The Kier molecular flexibility index (Phi) is 7.07. The van der Waals surface area contributed by atoms with Gasteiger partial charge in [0.1, 0.15) is 16.4 Å². The SMILES string of the molecule is CCOC(=O)C1=C(O)/C(=C/c2cccc(OC)c2OC)SC1=Nc1ccc(Cl)cc1. The molecule has 1 aliphatic heterocycles. The minimum atomic E-state index is -0.642. The highest BCUT2D eigenvalue weighted by molar-refractivity contribution is 8.18. The number of ether oxygens (including phenoxy) is 3. The average Bonchev–Trinajstić information content (AvgIpc) is 3.04. The van der Waals surface area contributed by atoms with Crippen molar-refractivity contribution in [2.75, 3.05) is 20.8 Å². The largest absolute Gasteiger partial charge is 0.506 e. The lowest BCUT2D eigenvalue weighted by molar-refractivity contribution is -0.138.